The summed E-state index contributed by atoms with van der Waals surface area (Å²) in [5.74, 6) is 1.89. The molecule has 0 radical (unpaired) electrons. The fourth-order valence-electron chi connectivity index (χ4n) is 2.97. The van der Waals surface area contributed by atoms with Crippen molar-refractivity contribution < 1.29 is 4.74 Å². The topological polar surface area (TPSA) is 21.3 Å². The molecule has 2 nitrogen and oxygen atoms in total. The van der Waals surface area contributed by atoms with Crippen LogP contribution in [0.5, 0.6) is 0 Å². The summed E-state index contributed by atoms with van der Waals surface area (Å²) >= 11 is 0. The van der Waals surface area contributed by atoms with Gasteiger partial charge >= 0.3 is 0 Å². The summed E-state index contributed by atoms with van der Waals surface area (Å²) < 4.78 is 5.77. The minimum atomic E-state index is 0.780. The van der Waals surface area contributed by atoms with E-state index in [0.29, 0.717) is 0 Å². The molecule has 1 N–H and O–H groups in total. The van der Waals surface area contributed by atoms with Crippen LogP contribution in [-0.4, -0.2) is 25.8 Å². The molecule has 0 aromatic carbocycles. The van der Waals surface area contributed by atoms with Crippen LogP contribution in [0.1, 0.15) is 58.3 Å². The predicted molar refractivity (Wildman–Crippen MR) is 72.2 cm³/mol. The minimum absolute atomic E-state index is 0.780. The molecule has 0 saturated heterocycles. The Balaban J connectivity index is 1.50. The van der Waals surface area contributed by atoms with Gasteiger partial charge in [0.1, 0.15) is 0 Å². The maximum Gasteiger partial charge on any atom is 0.0469 e. The van der Waals surface area contributed by atoms with Gasteiger partial charge in [0, 0.05) is 19.3 Å². The smallest absolute Gasteiger partial charge is 0.0469 e. The molecule has 2 fully saturated rings. The van der Waals surface area contributed by atoms with Gasteiger partial charge < -0.3 is 10.1 Å². The zero-order chi connectivity index (χ0) is 11.9. The fraction of sp³-hybridized carbons (Fsp3) is 1.00. The third kappa shape index (κ3) is 4.97. The molecule has 0 aromatic rings. The third-order valence-corrected chi connectivity index (χ3v) is 4.32. The van der Waals surface area contributed by atoms with Crippen molar-refractivity contribution in [3.63, 3.8) is 0 Å². The van der Waals surface area contributed by atoms with Gasteiger partial charge in [-0.25, -0.2) is 0 Å². The molecule has 0 amide bonds. The molecule has 17 heavy (non-hydrogen) atoms. The Bertz CT molecular complexity index is 203. The second-order valence-corrected chi connectivity index (χ2v) is 5.88. The summed E-state index contributed by atoms with van der Waals surface area (Å²) in [5, 5.41) is 3.69. The SMILES string of the molecule is CCCNC1CCCC1CCOCCC1CC1. The van der Waals surface area contributed by atoms with Crippen LogP contribution in [-0.2, 0) is 4.74 Å². The average Bonchev–Trinajstić information content (AvgIpc) is 3.05. The van der Waals surface area contributed by atoms with Gasteiger partial charge in [-0.2, -0.15) is 0 Å². The highest BCUT2D eigenvalue weighted by Crippen LogP contribution is 2.32. The first-order chi connectivity index (χ1) is 8.40. The molecule has 2 unspecified atom stereocenters. The molecule has 0 heterocycles. The van der Waals surface area contributed by atoms with E-state index in [4.69, 9.17) is 4.74 Å². The lowest BCUT2D eigenvalue weighted by atomic mass is 10.00. The van der Waals surface area contributed by atoms with E-state index in [1.807, 2.05) is 0 Å². The van der Waals surface area contributed by atoms with Crippen LogP contribution in [0, 0.1) is 11.8 Å². The van der Waals surface area contributed by atoms with E-state index in [2.05, 4.69) is 12.2 Å². The fourth-order valence-corrected chi connectivity index (χ4v) is 2.97. The highest BCUT2D eigenvalue weighted by Gasteiger charge is 2.26. The maximum atomic E-state index is 5.77. The van der Waals surface area contributed by atoms with Crippen molar-refractivity contribution in [2.75, 3.05) is 19.8 Å². The minimum Gasteiger partial charge on any atom is -0.381 e. The van der Waals surface area contributed by atoms with Crippen molar-refractivity contribution in [2.24, 2.45) is 11.8 Å². The third-order valence-electron chi connectivity index (χ3n) is 4.32. The zero-order valence-electron chi connectivity index (χ0n) is 11.4. The standard InChI is InChI=1S/C15H29NO/c1-2-10-16-15-5-3-4-14(15)9-12-17-11-8-13-6-7-13/h13-16H,2-12H2,1H3. The first kappa shape index (κ1) is 13.4. The van der Waals surface area contributed by atoms with Gasteiger partial charge in [-0.05, 0) is 50.5 Å². The van der Waals surface area contributed by atoms with Crippen molar-refractivity contribution in [1.29, 1.82) is 0 Å². The second kappa shape index (κ2) is 7.38. The Morgan fingerprint density at radius 3 is 2.65 bits per heavy atom. The van der Waals surface area contributed by atoms with E-state index < -0.39 is 0 Å². The number of ether oxygens (including phenoxy) is 1. The largest absolute Gasteiger partial charge is 0.381 e. The molecule has 2 aliphatic carbocycles. The van der Waals surface area contributed by atoms with Gasteiger partial charge in [0.2, 0.25) is 0 Å². The summed E-state index contributed by atoms with van der Waals surface area (Å²) in [6, 6.07) is 0.780. The van der Waals surface area contributed by atoms with Gasteiger partial charge in [0.05, 0.1) is 0 Å². The van der Waals surface area contributed by atoms with Crippen molar-refractivity contribution >= 4 is 0 Å². The summed E-state index contributed by atoms with van der Waals surface area (Å²) in [4.78, 5) is 0. The lowest BCUT2D eigenvalue weighted by Crippen LogP contribution is -2.33. The van der Waals surface area contributed by atoms with Crippen molar-refractivity contribution in [1.82, 2.24) is 5.32 Å². The quantitative estimate of drug-likeness (QED) is 0.623. The van der Waals surface area contributed by atoms with E-state index in [-0.39, 0.29) is 0 Å². The molecule has 2 rings (SSSR count). The van der Waals surface area contributed by atoms with Crippen LogP contribution < -0.4 is 5.32 Å². The Kier molecular flexibility index (Phi) is 5.79. The first-order valence-electron chi connectivity index (χ1n) is 7.71. The predicted octanol–water partition coefficient (Wildman–Crippen LogP) is 3.36. The Morgan fingerprint density at radius 2 is 1.88 bits per heavy atom. The van der Waals surface area contributed by atoms with Gasteiger partial charge in [-0.15, -0.1) is 0 Å². The van der Waals surface area contributed by atoms with Crippen LogP contribution in [0.2, 0.25) is 0 Å². The van der Waals surface area contributed by atoms with Gasteiger partial charge in [0.25, 0.3) is 0 Å². The monoisotopic (exact) mass is 239 g/mol. The summed E-state index contributed by atoms with van der Waals surface area (Å²) in [6.45, 7) is 5.42. The van der Waals surface area contributed by atoms with E-state index in [1.165, 1.54) is 57.9 Å². The summed E-state index contributed by atoms with van der Waals surface area (Å²) in [5.41, 5.74) is 0. The summed E-state index contributed by atoms with van der Waals surface area (Å²) in [7, 11) is 0. The van der Waals surface area contributed by atoms with Crippen molar-refractivity contribution in [3.05, 3.63) is 0 Å². The maximum absolute atomic E-state index is 5.77. The van der Waals surface area contributed by atoms with Crippen molar-refractivity contribution in [2.45, 2.75) is 64.3 Å². The highest BCUT2D eigenvalue weighted by atomic mass is 16.5. The van der Waals surface area contributed by atoms with Crippen LogP contribution in [0.25, 0.3) is 0 Å². The lowest BCUT2D eigenvalue weighted by molar-refractivity contribution is 0.111. The van der Waals surface area contributed by atoms with Crippen LogP contribution >= 0.6 is 0 Å². The molecule has 0 bridgehead atoms. The van der Waals surface area contributed by atoms with Crippen LogP contribution in [0.15, 0.2) is 0 Å². The highest BCUT2D eigenvalue weighted by molar-refractivity contribution is 4.82. The van der Waals surface area contributed by atoms with E-state index >= 15 is 0 Å². The number of hydrogen-bond acceptors (Lipinski definition) is 2. The first-order valence-corrected chi connectivity index (χ1v) is 7.71. The molecule has 0 aliphatic heterocycles. The molecule has 2 aliphatic rings. The zero-order valence-corrected chi connectivity index (χ0v) is 11.4. The number of rotatable bonds is 9. The van der Waals surface area contributed by atoms with Gasteiger partial charge in [-0.1, -0.05) is 26.2 Å². The average molecular weight is 239 g/mol. The van der Waals surface area contributed by atoms with E-state index in [1.54, 1.807) is 0 Å². The lowest BCUT2D eigenvalue weighted by Gasteiger charge is -2.20. The normalized spacial score (nSPS) is 28.8. The Morgan fingerprint density at radius 1 is 1.06 bits per heavy atom. The van der Waals surface area contributed by atoms with Gasteiger partial charge in [0.15, 0.2) is 0 Å². The molecule has 2 atom stereocenters. The molecular formula is C15H29NO. The Labute approximate surface area is 107 Å². The van der Waals surface area contributed by atoms with Gasteiger partial charge in [-0.3, -0.25) is 0 Å². The molecule has 0 aromatic heterocycles. The molecule has 100 valence electrons. The second-order valence-electron chi connectivity index (χ2n) is 5.88. The number of nitrogens with one attached hydrogen (secondary N) is 1. The number of hydrogen-bond donors (Lipinski definition) is 1. The van der Waals surface area contributed by atoms with Crippen molar-refractivity contribution in [3.8, 4) is 0 Å². The van der Waals surface area contributed by atoms with E-state index in [9.17, 15) is 0 Å². The molecule has 2 heteroatoms. The van der Waals surface area contributed by atoms with Crippen LogP contribution in [0.4, 0.5) is 0 Å². The molecular weight excluding hydrogens is 210 g/mol. The summed E-state index contributed by atoms with van der Waals surface area (Å²) in [6.07, 6.45) is 10.9. The molecule has 0 spiro atoms. The van der Waals surface area contributed by atoms with Crippen LogP contribution in [0.3, 0.4) is 0 Å². The Hall–Kier alpha value is -0.0800. The molecule has 2 saturated carbocycles. The van der Waals surface area contributed by atoms with E-state index in [0.717, 1.165) is 31.1 Å².